The third kappa shape index (κ3) is 4.83. The Bertz CT molecular complexity index is 652. The van der Waals surface area contributed by atoms with Gasteiger partial charge in [0.05, 0.1) is 0 Å². The first-order chi connectivity index (χ1) is 11.8. The number of rotatable bonds is 6. The summed E-state index contributed by atoms with van der Waals surface area (Å²) in [6.45, 7) is 1.94. The topological polar surface area (TPSA) is 50.4 Å². The number of hydrogen-bond donors (Lipinski definition) is 2. The molecule has 2 aromatic rings. The minimum Gasteiger partial charge on any atom is -0.483 e. The third-order valence-corrected chi connectivity index (χ3v) is 4.23. The van der Waals surface area contributed by atoms with Crippen LogP contribution >= 0.6 is 0 Å². The normalized spacial score (nSPS) is 17.2. The van der Waals surface area contributed by atoms with Crippen molar-refractivity contribution in [3.63, 3.8) is 0 Å². The maximum Gasteiger partial charge on any atom is 0.258 e. The molecule has 0 aliphatic carbocycles. The van der Waals surface area contributed by atoms with Crippen molar-refractivity contribution in [2.45, 2.75) is 25.3 Å². The van der Waals surface area contributed by atoms with Gasteiger partial charge in [0.2, 0.25) is 0 Å². The second kappa shape index (κ2) is 8.50. The van der Waals surface area contributed by atoms with Crippen molar-refractivity contribution in [3.8, 4) is 5.75 Å². The molecule has 2 N–H and O–H groups in total. The Labute approximate surface area is 143 Å². The molecule has 4 nitrogen and oxygen atoms in total. The molecule has 0 radical (unpaired) electrons. The van der Waals surface area contributed by atoms with Crippen molar-refractivity contribution in [2.24, 2.45) is 0 Å². The fourth-order valence-electron chi connectivity index (χ4n) is 2.99. The number of hydrogen-bond acceptors (Lipinski definition) is 3. The smallest absolute Gasteiger partial charge is 0.258 e. The van der Waals surface area contributed by atoms with E-state index in [4.69, 9.17) is 4.74 Å². The number of ether oxygens (including phenoxy) is 1. The number of carbonyl (C=O) groups is 1. The molecule has 0 spiro atoms. The van der Waals surface area contributed by atoms with E-state index in [2.05, 4.69) is 22.8 Å². The van der Waals surface area contributed by atoms with Crippen LogP contribution in [0.3, 0.4) is 0 Å². The van der Waals surface area contributed by atoms with Crippen molar-refractivity contribution >= 4 is 5.91 Å². The van der Waals surface area contributed by atoms with Gasteiger partial charge in [-0.25, -0.2) is 0 Å². The highest BCUT2D eigenvalue weighted by atomic mass is 16.5. The second-order valence-electron chi connectivity index (χ2n) is 6.17. The van der Waals surface area contributed by atoms with Crippen molar-refractivity contribution < 1.29 is 9.53 Å². The summed E-state index contributed by atoms with van der Waals surface area (Å²) in [5, 5.41) is 6.33. The van der Waals surface area contributed by atoms with Crippen molar-refractivity contribution in [1.29, 1.82) is 0 Å². The quantitative estimate of drug-likeness (QED) is 0.858. The van der Waals surface area contributed by atoms with Gasteiger partial charge in [0, 0.05) is 19.0 Å². The molecule has 0 unspecified atom stereocenters. The Hall–Kier alpha value is -2.33. The second-order valence-corrected chi connectivity index (χ2v) is 6.17. The van der Waals surface area contributed by atoms with E-state index in [9.17, 15) is 4.79 Å². The minimum atomic E-state index is -0.0572. The average molecular weight is 324 g/mol. The Morgan fingerprint density at radius 2 is 1.92 bits per heavy atom. The van der Waals surface area contributed by atoms with Gasteiger partial charge in [-0.05, 0) is 36.6 Å². The lowest BCUT2D eigenvalue weighted by molar-refractivity contribution is -0.123. The Morgan fingerprint density at radius 3 is 2.71 bits per heavy atom. The summed E-state index contributed by atoms with van der Waals surface area (Å²) in [6, 6.07) is 18.4. The number of benzene rings is 2. The van der Waals surface area contributed by atoms with E-state index in [0.29, 0.717) is 0 Å². The molecule has 1 saturated heterocycles. The van der Waals surface area contributed by atoms with Crippen LogP contribution in [-0.4, -0.2) is 31.6 Å². The van der Waals surface area contributed by atoms with E-state index in [1.54, 1.807) is 0 Å². The highest BCUT2D eigenvalue weighted by molar-refractivity contribution is 5.77. The van der Waals surface area contributed by atoms with Crippen LogP contribution in [-0.2, 0) is 11.2 Å². The fraction of sp³-hybridized carbons (Fsp3) is 0.350. The molecule has 1 heterocycles. The molecule has 1 atom stereocenters. The van der Waals surface area contributed by atoms with E-state index in [0.717, 1.165) is 43.7 Å². The van der Waals surface area contributed by atoms with Crippen LogP contribution in [0.5, 0.6) is 5.75 Å². The van der Waals surface area contributed by atoms with E-state index in [1.165, 1.54) is 5.56 Å². The van der Waals surface area contributed by atoms with Crippen LogP contribution in [0.1, 0.15) is 24.0 Å². The highest BCUT2D eigenvalue weighted by Crippen LogP contribution is 2.21. The SMILES string of the molecule is O=C(COc1ccccc1Cc1ccccc1)N[C@H]1CCCNC1. The largest absolute Gasteiger partial charge is 0.483 e. The van der Waals surface area contributed by atoms with Gasteiger partial charge in [0.15, 0.2) is 6.61 Å². The summed E-state index contributed by atoms with van der Waals surface area (Å²) in [6.07, 6.45) is 2.93. The van der Waals surface area contributed by atoms with E-state index < -0.39 is 0 Å². The standard InChI is InChI=1S/C20H24N2O2/c23-20(22-18-10-6-12-21-14-18)15-24-19-11-5-4-9-17(19)13-16-7-2-1-3-8-16/h1-5,7-9,11,18,21H,6,10,12-15H2,(H,22,23)/t18-/m0/s1. The summed E-state index contributed by atoms with van der Waals surface area (Å²) in [5.74, 6) is 0.719. The number of carbonyl (C=O) groups excluding carboxylic acids is 1. The van der Waals surface area contributed by atoms with Gasteiger partial charge in [-0.3, -0.25) is 4.79 Å². The lowest BCUT2D eigenvalue weighted by Crippen LogP contribution is -2.47. The minimum absolute atomic E-state index is 0.0572. The Balaban J connectivity index is 1.55. The van der Waals surface area contributed by atoms with Crippen LogP contribution in [0.2, 0.25) is 0 Å². The fourth-order valence-corrected chi connectivity index (χ4v) is 2.99. The van der Waals surface area contributed by atoms with Gasteiger partial charge in [-0.15, -0.1) is 0 Å². The molecular formula is C20H24N2O2. The maximum atomic E-state index is 12.1. The molecule has 24 heavy (non-hydrogen) atoms. The maximum absolute atomic E-state index is 12.1. The lowest BCUT2D eigenvalue weighted by Gasteiger charge is -2.23. The van der Waals surface area contributed by atoms with Gasteiger partial charge in [0.25, 0.3) is 5.91 Å². The van der Waals surface area contributed by atoms with Gasteiger partial charge in [0.1, 0.15) is 5.75 Å². The zero-order valence-corrected chi connectivity index (χ0v) is 13.8. The van der Waals surface area contributed by atoms with Crippen molar-refractivity contribution in [2.75, 3.05) is 19.7 Å². The zero-order chi connectivity index (χ0) is 16.6. The zero-order valence-electron chi connectivity index (χ0n) is 13.8. The van der Waals surface area contributed by atoms with Crippen LogP contribution in [0, 0.1) is 0 Å². The van der Waals surface area contributed by atoms with Gasteiger partial charge < -0.3 is 15.4 Å². The highest BCUT2D eigenvalue weighted by Gasteiger charge is 2.15. The predicted molar refractivity (Wildman–Crippen MR) is 95.2 cm³/mol. The van der Waals surface area contributed by atoms with E-state index in [1.807, 2.05) is 42.5 Å². The van der Waals surface area contributed by atoms with Crippen LogP contribution < -0.4 is 15.4 Å². The number of piperidine rings is 1. The summed E-state index contributed by atoms with van der Waals surface area (Å²) in [4.78, 5) is 12.1. The van der Waals surface area contributed by atoms with Crippen molar-refractivity contribution in [3.05, 3.63) is 65.7 Å². The monoisotopic (exact) mass is 324 g/mol. The van der Waals surface area contributed by atoms with Crippen LogP contribution in [0.25, 0.3) is 0 Å². The first kappa shape index (κ1) is 16.5. The third-order valence-electron chi connectivity index (χ3n) is 4.23. The summed E-state index contributed by atoms with van der Waals surface area (Å²) >= 11 is 0. The summed E-state index contributed by atoms with van der Waals surface area (Å²) < 4.78 is 5.78. The van der Waals surface area contributed by atoms with E-state index in [-0.39, 0.29) is 18.6 Å². The number of amides is 1. The molecule has 126 valence electrons. The molecule has 1 aliphatic rings. The molecule has 1 aliphatic heterocycles. The first-order valence-corrected chi connectivity index (χ1v) is 8.56. The molecule has 0 aromatic heterocycles. The Morgan fingerprint density at radius 1 is 1.12 bits per heavy atom. The molecule has 1 amide bonds. The number of nitrogens with one attached hydrogen (secondary N) is 2. The van der Waals surface area contributed by atoms with Crippen LogP contribution in [0.4, 0.5) is 0 Å². The molecule has 1 fully saturated rings. The number of para-hydroxylation sites is 1. The molecule has 0 saturated carbocycles. The van der Waals surface area contributed by atoms with Gasteiger partial charge in [-0.1, -0.05) is 48.5 Å². The van der Waals surface area contributed by atoms with Gasteiger partial charge in [-0.2, -0.15) is 0 Å². The molecule has 0 bridgehead atoms. The van der Waals surface area contributed by atoms with Gasteiger partial charge >= 0.3 is 0 Å². The van der Waals surface area contributed by atoms with Crippen LogP contribution in [0.15, 0.2) is 54.6 Å². The molecule has 2 aromatic carbocycles. The average Bonchev–Trinajstić information content (AvgIpc) is 2.63. The molecule has 3 rings (SSSR count). The molecule has 4 heteroatoms. The Kier molecular flexibility index (Phi) is 5.85. The first-order valence-electron chi connectivity index (χ1n) is 8.56. The van der Waals surface area contributed by atoms with Crippen molar-refractivity contribution in [1.82, 2.24) is 10.6 Å². The predicted octanol–water partition coefficient (Wildman–Crippen LogP) is 2.52. The lowest BCUT2D eigenvalue weighted by atomic mass is 10.0. The van der Waals surface area contributed by atoms with E-state index >= 15 is 0 Å². The summed E-state index contributed by atoms with van der Waals surface area (Å²) in [7, 11) is 0. The summed E-state index contributed by atoms with van der Waals surface area (Å²) in [5.41, 5.74) is 2.32. The molecular weight excluding hydrogens is 300 g/mol.